The monoisotopic (exact) mass is 279 g/mol. The molecule has 0 aromatic heterocycles. The minimum atomic E-state index is -1.31. The van der Waals surface area contributed by atoms with Gasteiger partial charge in [-0.15, -0.1) is 0 Å². The normalized spacial score (nSPS) is 11.2. The molecular formula is C17H15O2Si. The van der Waals surface area contributed by atoms with Gasteiger partial charge in [0, 0.05) is 6.92 Å². The summed E-state index contributed by atoms with van der Waals surface area (Å²) in [6.45, 7) is 3.48. The molecule has 0 saturated carbocycles. The van der Waals surface area contributed by atoms with Gasteiger partial charge in [-0.25, -0.2) is 0 Å². The van der Waals surface area contributed by atoms with E-state index in [-0.39, 0.29) is 5.97 Å². The van der Waals surface area contributed by atoms with E-state index in [9.17, 15) is 4.79 Å². The predicted molar refractivity (Wildman–Crippen MR) is 84.5 cm³/mol. The lowest BCUT2D eigenvalue weighted by Gasteiger charge is -2.13. The summed E-state index contributed by atoms with van der Waals surface area (Å²) in [5.74, 6) is -0.209. The molecule has 0 bridgehead atoms. The molecule has 0 aliphatic carbocycles. The van der Waals surface area contributed by atoms with Crippen molar-refractivity contribution < 1.29 is 9.22 Å². The second-order valence-corrected chi connectivity index (χ2v) is 6.73. The van der Waals surface area contributed by atoms with Crippen LogP contribution in [0.5, 0.6) is 0 Å². The zero-order chi connectivity index (χ0) is 14.1. The maximum Gasteiger partial charge on any atom is 0.317 e. The van der Waals surface area contributed by atoms with Crippen LogP contribution >= 0.6 is 0 Å². The van der Waals surface area contributed by atoms with E-state index >= 15 is 0 Å². The average Bonchev–Trinajstić information content (AvgIpc) is 2.43. The molecule has 0 fully saturated rings. The van der Waals surface area contributed by atoms with E-state index in [1.165, 1.54) is 28.5 Å². The van der Waals surface area contributed by atoms with Gasteiger partial charge in [0.15, 0.2) is 0 Å². The van der Waals surface area contributed by atoms with E-state index in [2.05, 4.69) is 36.4 Å². The molecule has 2 nitrogen and oxygen atoms in total. The largest absolute Gasteiger partial charge is 0.513 e. The van der Waals surface area contributed by atoms with E-state index in [0.29, 0.717) is 0 Å². The molecule has 99 valence electrons. The van der Waals surface area contributed by atoms with Gasteiger partial charge < -0.3 is 4.43 Å². The third-order valence-corrected chi connectivity index (χ3v) is 5.21. The summed E-state index contributed by atoms with van der Waals surface area (Å²) in [5.41, 5.74) is 0. The van der Waals surface area contributed by atoms with Crippen LogP contribution in [0, 0.1) is 0 Å². The summed E-state index contributed by atoms with van der Waals surface area (Å²) in [6, 6.07) is 18.9. The number of hydrogen-bond acceptors (Lipinski definition) is 2. The summed E-state index contributed by atoms with van der Waals surface area (Å²) < 4.78 is 5.42. The molecule has 1 radical (unpaired) electrons. The number of hydrogen-bond donors (Lipinski definition) is 0. The summed E-state index contributed by atoms with van der Waals surface area (Å²) >= 11 is 0. The topological polar surface area (TPSA) is 26.3 Å². The highest BCUT2D eigenvalue weighted by Gasteiger charge is 2.16. The Labute approximate surface area is 119 Å². The van der Waals surface area contributed by atoms with Gasteiger partial charge in [-0.3, -0.25) is 4.79 Å². The van der Waals surface area contributed by atoms with Crippen LogP contribution in [-0.4, -0.2) is 15.0 Å². The van der Waals surface area contributed by atoms with Crippen molar-refractivity contribution in [2.24, 2.45) is 0 Å². The van der Waals surface area contributed by atoms with Crippen LogP contribution in [0.25, 0.3) is 21.5 Å². The predicted octanol–water partition coefficient (Wildman–Crippen LogP) is 3.38. The van der Waals surface area contributed by atoms with E-state index < -0.39 is 9.04 Å². The second-order valence-electron chi connectivity index (χ2n) is 4.88. The summed E-state index contributed by atoms with van der Waals surface area (Å²) in [4.78, 5) is 11.2. The van der Waals surface area contributed by atoms with Crippen molar-refractivity contribution in [2.75, 3.05) is 0 Å². The molecule has 3 aromatic carbocycles. The lowest BCUT2D eigenvalue weighted by molar-refractivity contribution is -0.132. The molecule has 0 amide bonds. The van der Waals surface area contributed by atoms with Gasteiger partial charge in [0.25, 0.3) is 5.97 Å². The van der Waals surface area contributed by atoms with Crippen molar-refractivity contribution in [3.63, 3.8) is 0 Å². The number of carbonyl (C=O) groups excluding carboxylic acids is 1. The molecule has 3 heteroatoms. The SMILES string of the molecule is CC(=O)O[Si](C)c1cccc2cc3ccccc3cc12. The van der Waals surface area contributed by atoms with Gasteiger partial charge >= 0.3 is 9.04 Å². The molecule has 3 rings (SSSR count). The highest BCUT2D eigenvalue weighted by Crippen LogP contribution is 2.22. The van der Waals surface area contributed by atoms with Crippen LogP contribution in [0.2, 0.25) is 6.55 Å². The first-order valence-electron chi connectivity index (χ1n) is 6.59. The Morgan fingerprint density at radius 1 is 0.950 bits per heavy atom. The number of rotatable bonds is 2. The smallest absolute Gasteiger partial charge is 0.317 e. The minimum absolute atomic E-state index is 0.209. The van der Waals surface area contributed by atoms with Crippen LogP contribution in [0.15, 0.2) is 54.6 Å². The number of benzene rings is 3. The van der Waals surface area contributed by atoms with Crippen LogP contribution < -0.4 is 5.19 Å². The van der Waals surface area contributed by atoms with E-state index in [0.717, 1.165) is 5.19 Å². The average molecular weight is 279 g/mol. The Bertz CT molecular complexity index is 795. The fourth-order valence-electron chi connectivity index (χ4n) is 2.54. The van der Waals surface area contributed by atoms with Gasteiger partial charge in [-0.1, -0.05) is 42.5 Å². The highest BCUT2D eigenvalue weighted by atomic mass is 28.3. The Kier molecular flexibility index (Phi) is 3.28. The Morgan fingerprint density at radius 2 is 1.60 bits per heavy atom. The molecule has 20 heavy (non-hydrogen) atoms. The fraction of sp³-hybridized carbons (Fsp3) is 0.118. The number of carbonyl (C=O) groups is 1. The molecule has 0 saturated heterocycles. The molecule has 0 heterocycles. The van der Waals surface area contributed by atoms with Crippen molar-refractivity contribution in [1.29, 1.82) is 0 Å². The zero-order valence-corrected chi connectivity index (χ0v) is 12.5. The van der Waals surface area contributed by atoms with Gasteiger partial charge in [-0.05, 0) is 45.4 Å². The third-order valence-electron chi connectivity index (χ3n) is 3.42. The van der Waals surface area contributed by atoms with Gasteiger partial charge in [0.2, 0.25) is 0 Å². The quantitative estimate of drug-likeness (QED) is 0.531. The maximum absolute atomic E-state index is 11.2. The minimum Gasteiger partial charge on any atom is -0.513 e. The standard InChI is InChI=1S/C17H15O2Si/c1-12(18)19-20(2)17-9-5-8-15-10-13-6-3-4-7-14(13)11-16(15)17/h3-11H,1-2H3. The van der Waals surface area contributed by atoms with Crippen LogP contribution in [0.3, 0.4) is 0 Å². The molecule has 0 N–H and O–H groups in total. The zero-order valence-electron chi connectivity index (χ0n) is 11.5. The first-order valence-corrected chi connectivity index (χ1v) is 8.50. The maximum atomic E-state index is 11.2. The van der Waals surface area contributed by atoms with Crippen LogP contribution in [0.1, 0.15) is 6.92 Å². The Morgan fingerprint density at radius 3 is 2.30 bits per heavy atom. The second kappa shape index (κ2) is 5.10. The molecule has 0 aliphatic rings. The first-order chi connectivity index (χ1) is 9.65. The van der Waals surface area contributed by atoms with Crippen LogP contribution in [0.4, 0.5) is 0 Å². The Hall–Kier alpha value is -2.13. The van der Waals surface area contributed by atoms with Gasteiger partial charge in [0.05, 0.1) is 0 Å². The Balaban J connectivity index is 2.22. The molecule has 0 spiro atoms. The van der Waals surface area contributed by atoms with Crippen LogP contribution in [-0.2, 0) is 9.22 Å². The summed E-state index contributed by atoms with van der Waals surface area (Å²) in [7, 11) is -1.31. The first kappa shape index (κ1) is 12.9. The molecule has 0 atom stereocenters. The number of fused-ring (bicyclic) bond motifs is 2. The molecular weight excluding hydrogens is 264 g/mol. The molecule has 0 aliphatic heterocycles. The summed E-state index contributed by atoms with van der Waals surface area (Å²) in [6.07, 6.45) is 0. The van der Waals surface area contributed by atoms with E-state index in [1.54, 1.807) is 0 Å². The van der Waals surface area contributed by atoms with Crippen molar-refractivity contribution in [3.05, 3.63) is 54.6 Å². The van der Waals surface area contributed by atoms with Gasteiger partial charge in [-0.2, -0.15) is 0 Å². The molecule has 0 unspecified atom stereocenters. The lowest BCUT2D eigenvalue weighted by atomic mass is 10.0. The summed E-state index contributed by atoms with van der Waals surface area (Å²) in [5, 5.41) is 5.97. The van der Waals surface area contributed by atoms with E-state index in [1.807, 2.05) is 24.7 Å². The van der Waals surface area contributed by atoms with Crippen molar-refractivity contribution in [1.82, 2.24) is 0 Å². The van der Waals surface area contributed by atoms with Gasteiger partial charge in [0.1, 0.15) is 0 Å². The van der Waals surface area contributed by atoms with Crippen molar-refractivity contribution >= 4 is 41.7 Å². The third kappa shape index (κ3) is 2.32. The van der Waals surface area contributed by atoms with Crippen molar-refractivity contribution in [2.45, 2.75) is 13.5 Å². The van der Waals surface area contributed by atoms with E-state index in [4.69, 9.17) is 4.43 Å². The highest BCUT2D eigenvalue weighted by molar-refractivity contribution is 6.70. The lowest BCUT2D eigenvalue weighted by Crippen LogP contribution is -2.32. The fourth-order valence-corrected chi connectivity index (χ4v) is 4.01. The molecule has 3 aromatic rings. The van der Waals surface area contributed by atoms with Crippen molar-refractivity contribution in [3.8, 4) is 0 Å².